The zero-order valence-corrected chi connectivity index (χ0v) is 16.9. The van der Waals surface area contributed by atoms with Crippen molar-refractivity contribution >= 4 is 11.8 Å². The number of amides is 2. The van der Waals surface area contributed by atoms with E-state index in [2.05, 4.69) is 5.32 Å². The summed E-state index contributed by atoms with van der Waals surface area (Å²) in [5.41, 5.74) is 2.04. The Labute approximate surface area is 171 Å². The van der Waals surface area contributed by atoms with E-state index in [1.165, 1.54) is 0 Å². The molecule has 1 N–H and O–H groups in total. The van der Waals surface area contributed by atoms with E-state index in [0.29, 0.717) is 19.5 Å². The van der Waals surface area contributed by atoms with Crippen LogP contribution in [0.5, 0.6) is 5.75 Å². The van der Waals surface area contributed by atoms with Crippen molar-refractivity contribution in [3.63, 3.8) is 0 Å². The number of ether oxygens (including phenoxy) is 1. The van der Waals surface area contributed by atoms with Crippen LogP contribution in [0.3, 0.4) is 0 Å². The Kier molecular flexibility index (Phi) is 5.53. The van der Waals surface area contributed by atoms with Crippen LogP contribution in [-0.2, 0) is 16.1 Å². The Balaban J connectivity index is 1.59. The third-order valence-electron chi connectivity index (χ3n) is 5.92. The summed E-state index contributed by atoms with van der Waals surface area (Å²) in [5.74, 6) is 0.577. The highest BCUT2D eigenvalue weighted by Gasteiger charge is 2.49. The molecule has 0 unspecified atom stereocenters. The maximum Gasteiger partial charge on any atom is 0.237 e. The molecule has 2 saturated heterocycles. The molecule has 2 aromatic rings. The predicted octanol–water partition coefficient (Wildman–Crippen LogP) is 2.22. The van der Waals surface area contributed by atoms with Crippen LogP contribution in [0, 0.1) is 5.92 Å². The molecule has 0 aliphatic carbocycles. The molecule has 0 aromatic heterocycles. The fraction of sp³-hybridized carbons (Fsp3) is 0.391. The van der Waals surface area contributed by atoms with Crippen molar-refractivity contribution in [2.75, 3.05) is 27.2 Å². The number of nitrogens with zero attached hydrogens (tertiary/aromatic N) is 2. The van der Waals surface area contributed by atoms with E-state index in [-0.39, 0.29) is 29.8 Å². The molecule has 3 atom stereocenters. The second-order valence-corrected chi connectivity index (χ2v) is 7.92. The highest BCUT2D eigenvalue weighted by molar-refractivity contribution is 5.85. The van der Waals surface area contributed by atoms with Crippen molar-refractivity contribution < 1.29 is 14.3 Å². The monoisotopic (exact) mass is 393 g/mol. The van der Waals surface area contributed by atoms with Crippen molar-refractivity contribution in [3.05, 3.63) is 65.7 Å². The van der Waals surface area contributed by atoms with Crippen LogP contribution in [0.25, 0.3) is 0 Å². The molecule has 6 heteroatoms. The minimum Gasteiger partial charge on any atom is -0.497 e. The molecule has 6 nitrogen and oxygen atoms in total. The van der Waals surface area contributed by atoms with Gasteiger partial charge in [-0.05, 0) is 36.7 Å². The van der Waals surface area contributed by atoms with Gasteiger partial charge in [-0.25, -0.2) is 0 Å². The summed E-state index contributed by atoms with van der Waals surface area (Å²) in [7, 11) is 3.59. The van der Waals surface area contributed by atoms with Gasteiger partial charge in [0, 0.05) is 19.1 Å². The normalized spacial score (nSPS) is 24.3. The van der Waals surface area contributed by atoms with Gasteiger partial charge in [-0.2, -0.15) is 0 Å². The molecule has 0 spiro atoms. The number of piperazine rings is 1. The predicted molar refractivity (Wildman–Crippen MR) is 110 cm³/mol. The zero-order valence-electron chi connectivity index (χ0n) is 16.9. The smallest absolute Gasteiger partial charge is 0.237 e. The van der Waals surface area contributed by atoms with E-state index in [1.807, 2.05) is 71.4 Å². The first-order valence-corrected chi connectivity index (χ1v) is 10.0. The Bertz CT molecular complexity index is 869. The van der Waals surface area contributed by atoms with Gasteiger partial charge in [0.2, 0.25) is 11.8 Å². The van der Waals surface area contributed by atoms with E-state index in [9.17, 15) is 9.59 Å². The van der Waals surface area contributed by atoms with E-state index < -0.39 is 0 Å². The van der Waals surface area contributed by atoms with E-state index in [1.54, 1.807) is 7.11 Å². The molecular formula is C23H27N3O3. The summed E-state index contributed by atoms with van der Waals surface area (Å²) in [5, 5.41) is 3.08. The van der Waals surface area contributed by atoms with E-state index >= 15 is 0 Å². The number of hydrogen-bond donors (Lipinski definition) is 1. The maximum atomic E-state index is 13.2. The number of benzene rings is 2. The van der Waals surface area contributed by atoms with Crippen LogP contribution in [0.4, 0.5) is 0 Å². The van der Waals surface area contributed by atoms with Crippen molar-refractivity contribution in [1.29, 1.82) is 0 Å². The van der Waals surface area contributed by atoms with Gasteiger partial charge in [-0.1, -0.05) is 42.5 Å². The molecule has 2 amide bonds. The standard InChI is InChI=1S/C23H27N3O3/c1-25-14-18-12-20(23(28)24-13-16-6-4-3-5-7-16)22(26(18)21(27)15-25)17-8-10-19(29-2)11-9-17/h3-11,18,20,22H,12-15H2,1-2H3,(H,24,28)/t18-,20-,22-/m1/s1. The molecule has 152 valence electrons. The summed E-state index contributed by atoms with van der Waals surface area (Å²) in [4.78, 5) is 30.0. The second-order valence-electron chi connectivity index (χ2n) is 7.92. The van der Waals surface area contributed by atoms with Gasteiger partial charge < -0.3 is 15.0 Å². The Morgan fingerprint density at radius 3 is 2.55 bits per heavy atom. The molecule has 2 aromatic carbocycles. The van der Waals surface area contributed by atoms with Gasteiger partial charge in [0.1, 0.15) is 5.75 Å². The van der Waals surface area contributed by atoms with Crippen molar-refractivity contribution in [2.45, 2.75) is 25.0 Å². The summed E-state index contributed by atoms with van der Waals surface area (Å²) in [6.45, 7) is 1.67. The molecule has 0 saturated carbocycles. The summed E-state index contributed by atoms with van der Waals surface area (Å²) < 4.78 is 5.27. The molecule has 0 bridgehead atoms. The van der Waals surface area contributed by atoms with Gasteiger partial charge >= 0.3 is 0 Å². The molecule has 0 radical (unpaired) electrons. The van der Waals surface area contributed by atoms with Crippen LogP contribution < -0.4 is 10.1 Å². The minimum absolute atomic E-state index is 0.000441. The molecule has 2 aliphatic rings. The lowest BCUT2D eigenvalue weighted by Crippen LogP contribution is -2.53. The van der Waals surface area contributed by atoms with Crippen LogP contribution >= 0.6 is 0 Å². The number of hydrogen-bond acceptors (Lipinski definition) is 4. The highest BCUT2D eigenvalue weighted by Crippen LogP contribution is 2.43. The first-order valence-electron chi connectivity index (χ1n) is 10.0. The molecule has 29 heavy (non-hydrogen) atoms. The zero-order chi connectivity index (χ0) is 20.4. The first kappa shape index (κ1) is 19.5. The summed E-state index contributed by atoms with van der Waals surface area (Å²) >= 11 is 0. The van der Waals surface area contributed by atoms with Gasteiger partial charge in [-0.3, -0.25) is 14.5 Å². The number of nitrogens with one attached hydrogen (secondary N) is 1. The molecule has 4 rings (SSSR count). The average molecular weight is 393 g/mol. The summed E-state index contributed by atoms with van der Waals surface area (Å²) in [6, 6.07) is 17.4. The van der Waals surface area contributed by atoms with Gasteiger partial charge in [0.25, 0.3) is 0 Å². The fourth-order valence-electron chi connectivity index (χ4n) is 4.58. The Morgan fingerprint density at radius 2 is 1.86 bits per heavy atom. The summed E-state index contributed by atoms with van der Waals surface area (Å²) in [6.07, 6.45) is 0.674. The van der Waals surface area contributed by atoms with Crippen LogP contribution in [0.15, 0.2) is 54.6 Å². The third-order valence-corrected chi connectivity index (χ3v) is 5.92. The largest absolute Gasteiger partial charge is 0.497 e. The van der Waals surface area contributed by atoms with Crippen LogP contribution in [0.1, 0.15) is 23.6 Å². The minimum atomic E-state index is -0.271. The lowest BCUT2D eigenvalue weighted by Gasteiger charge is -2.38. The fourth-order valence-corrected chi connectivity index (χ4v) is 4.58. The van der Waals surface area contributed by atoms with E-state index in [0.717, 1.165) is 23.4 Å². The quantitative estimate of drug-likeness (QED) is 0.846. The van der Waals surface area contributed by atoms with Gasteiger partial charge in [-0.15, -0.1) is 0 Å². The van der Waals surface area contributed by atoms with Crippen molar-refractivity contribution in [2.24, 2.45) is 5.92 Å². The number of carbonyl (C=O) groups is 2. The topological polar surface area (TPSA) is 61.9 Å². The average Bonchev–Trinajstić information content (AvgIpc) is 3.12. The number of fused-ring (bicyclic) bond motifs is 1. The van der Waals surface area contributed by atoms with Gasteiger partial charge in [0.15, 0.2) is 0 Å². The molecule has 2 fully saturated rings. The second kappa shape index (κ2) is 8.25. The van der Waals surface area contributed by atoms with Crippen LogP contribution in [-0.4, -0.2) is 54.9 Å². The third kappa shape index (κ3) is 3.98. The lowest BCUT2D eigenvalue weighted by molar-refractivity contribution is -0.140. The Morgan fingerprint density at radius 1 is 1.14 bits per heavy atom. The molecule has 2 heterocycles. The maximum absolute atomic E-state index is 13.2. The molecular weight excluding hydrogens is 366 g/mol. The number of carbonyl (C=O) groups excluding carboxylic acids is 2. The highest BCUT2D eigenvalue weighted by atomic mass is 16.5. The number of rotatable bonds is 5. The number of methoxy groups -OCH3 is 1. The van der Waals surface area contributed by atoms with Crippen molar-refractivity contribution in [3.8, 4) is 5.75 Å². The number of likely N-dealkylation sites (N-methyl/N-ethyl adjacent to an activating group) is 1. The lowest BCUT2D eigenvalue weighted by atomic mass is 9.92. The SMILES string of the molecule is COc1ccc([C@@H]2[C@H](C(=O)NCc3ccccc3)C[C@@H]3CN(C)CC(=O)N32)cc1. The Hall–Kier alpha value is -2.86. The van der Waals surface area contributed by atoms with Gasteiger partial charge in [0.05, 0.1) is 25.6 Å². The van der Waals surface area contributed by atoms with E-state index in [4.69, 9.17) is 4.74 Å². The first-order chi connectivity index (χ1) is 14.1. The van der Waals surface area contributed by atoms with Crippen LogP contribution in [0.2, 0.25) is 0 Å². The van der Waals surface area contributed by atoms with Crippen molar-refractivity contribution in [1.82, 2.24) is 15.1 Å². The molecule has 2 aliphatic heterocycles.